The fourth-order valence-electron chi connectivity index (χ4n) is 1.54. The molecule has 0 heterocycles. The molecular weight excluding hydrogens is 172 g/mol. The van der Waals surface area contributed by atoms with Crippen LogP contribution in [0, 0.1) is 0 Å². The molecule has 70 valence electrons. The van der Waals surface area contributed by atoms with Crippen molar-refractivity contribution >= 4 is 0 Å². The van der Waals surface area contributed by atoms with Crippen molar-refractivity contribution in [2.75, 3.05) is 0 Å². The second kappa shape index (κ2) is 4.57. The van der Waals surface area contributed by atoms with E-state index in [9.17, 15) is 5.11 Å². The molecule has 0 unspecified atom stereocenters. The monoisotopic (exact) mass is 182 g/mol. The molecule has 0 aliphatic heterocycles. The first-order valence-corrected chi connectivity index (χ1v) is 4.06. The highest BCUT2D eigenvalue weighted by molar-refractivity contribution is 4.92. The SMILES string of the molecule is [N-]=[N+]=N[C@H]1[C@@H](O)CCC[C@H]1N=[N+]=[N-]. The third kappa shape index (κ3) is 2.26. The van der Waals surface area contributed by atoms with Crippen molar-refractivity contribution in [2.24, 2.45) is 10.2 Å². The lowest BCUT2D eigenvalue weighted by atomic mass is 9.89. The van der Waals surface area contributed by atoms with Crippen molar-refractivity contribution in [3.8, 4) is 0 Å². The highest BCUT2D eigenvalue weighted by Crippen LogP contribution is 2.24. The van der Waals surface area contributed by atoms with Gasteiger partial charge in [-0.15, -0.1) is 0 Å². The minimum Gasteiger partial charge on any atom is -0.393 e. The zero-order chi connectivity index (χ0) is 9.68. The molecule has 1 aliphatic carbocycles. The Hall–Kier alpha value is -1.42. The van der Waals surface area contributed by atoms with Gasteiger partial charge in [0.05, 0.1) is 12.1 Å². The van der Waals surface area contributed by atoms with Crippen LogP contribution in [0.2, 0.25) is 0 Å². The molecule has 0 aromatic rings. The predicted octanol–water partition coefficient (Wildman–Crippen LogP) is 1.89. The van der Waals surface area contributed by atoms with E-state index in [-0.39, 0.29) is 0 Å². The van der Waals surface area contributed by atoms with Gasteiger partial charge < -0.3 is 5.11 Å². The average molecular weight is 182 g/mol. The van der Waals surface area contributed by atoms with Gasteiger partial charge in [0.15, 0.2) is 0 Å². The molecule has 3 atom stereocenters. The normalized spacial score (nSPS) is 32.8. The van der Waals surface area contributed by atoms with Crippen molar-refractivity contribution in [1.29, 1.82) is 0 Å². The lowest BCUT2D eigenvalue weighted by Crippen LogP contribution is -2.38. The quantitative estimate of drug-likeness (QED) is 0.391. The summed E-state index contributed by atoms with van der Waals surface area (Å²) >= 11 is 0. The maximum absolute atomic E-state index is 9.45. The molecule has 1 N–H and O–H groups in total. The second-order valence-electron chi connectivity index (χ2n) is 2.97. The smallest absolute Gasteiger partial charge is 0.0717 e. The van der Waals surface area contributed by atoms with Crippen LogP contribution in [0.15, 0.2) is 10.2 Å². The molecule has 0 saturated heterocycles. The van der Waals surface area contributed by atoms with E-state index in [1.807, 2.05) is 0 Å². The molecule has 0 radical (unpaired) electrons. The largest absolute Gasteiger partial charge is 0.393 e. The van der Waals surface area contributed by atoms with E-state index in [1.165, 1.54) is 0 Å². The Bertz CT molecular complexity index is 266. The summed E-state index contributed by atoms with van der Waals surface area (Å²) in [5, 5.41) is 16.4. The molecule has 0 aromatic heterocycles. The molecule has 1 fully saturated rings. The van der Waals surface area contributed by atoms with E-state index >= 15 is 0 Å². The van der Waals surface area contributed by atoms with Gasteiger partial charge in [-0.1, -0.05) is 16.6 Å². The number of hydrogen-bond donors (Lipinski definition) is 1. The van der Waals surface area contributed by atoms with Crippen molar-refractivity contribution in [3.63, 3.8) is 0 Å². The molecule has 0 aromatic carbocycles. The van der Waals surface area contributed by atoms with Gasteiger partial charge in [0.1, 0.15) is 0 Å². The molecule has 1 saturated carbocycles. The van der Waals surface area contributed by atoms with Crippen LogP contribution >= 0.6 is 0 Å². The molecule has 1 rings (SSSR count). The van der Waals surface area contributed by atoms with E-state index in [4.69, 9.17) is 11.1 Å². The summed E-state index contributed by atoms with van der Waals surface area (Å²) in [6.45, 7) is 0. The summed E-state index contributed by atoms with van der Waals surface area (Å²) in [5.41, 5.74) is 16.5. The van der Waals surface area contributed by atoms with Gasteiger partial charge in [0, 0.05) is 15.9 Å². The molecule has 0 amide bonds. The van der Waals surface area contributed by atoms with Crippen LogP contribution in [-0.4, -0.2) is 23.3 Å². The zero-order valence-electron chi connectivity index (χ0n) is 6.98. The summed E-state index contributed by atoms with van der Waals surface area (Å²) in [6, 6.07) is -1.00. The molecule has 7 heteroatoms. The summed E-state index contributed by atoms with van der Waals surface area (Å²) < 4.78 is 0. The van der Waals surface area contributed by atoms with E-state index in [0.29, 0.717) is 12.8 Å². The maximum Gasteiger partial charge on any atom is 0.0717 e. The van der Waals surface area contributed by atoms with Gasteiger partial charge in [-0.25, -0.2) is 0 Å². The third-order valence-electron chi connectivity index (χ3n) is 2.17. The van der Waals surface area contributed by atoms with Gasteiger partial charge in [0.2, 0.25) is 0 Å². The average Bonchev–Trinajstić information content (AvgIpc) is 2.11. The Morgan fingerprint density at radius 2 is 1.85 bits per heavy atom. The standard InChI is InChI=1S/C6H10N6O/c7-11-9-4-2-1-3-5(13)6(4)10-12-8/h4-6,13H,1-3H2/t4-,5+,6-/m1/s1. The van der Waals surface area contributed by atoms with Crippen molar-refractivity contribution in [2.45, 2.75) is 37.5 Å². The zero-order valence-corrected chi connectivity index (χ0v) is 6.98. The lowest BCUT2D eigenvalue weighted by Gasteiger charge is -2.28. The summed E-state index contributed by atoms with van der Waals surface area (Å²) in [7, 11) is 0. The van der Waals surface area contributed by atoms with Crippen molar-refractivity contribution in [1.82, 2.24) is 0 Å². The molecule has 0 bridgehead atoms. The first-order valence-electron chi connectivity index (χ1n) is 4.06. The van der Waals surface area contributed by atoms with Crippen LogP contribution in [0.25, 0.3) is 20.9 Å². The number of aliphatic hydroxyl groups is 1. The van der Waals surface area contributed by atoms with Gasteiger partial charge in [-0.05, 0) is 23.9 Å². The number of rotatable bonds is 2. The Labute approximate surface area is 74.6 Å². The summed E-state index contributed by atoms with van der Waals surface area (Å²) in [6.07, 6.45) is 1.38. The Morgan fingerprint density at radius 3 is 2.46 bits per heavy atom. The van der Waals surface area contributed by atoms with Crippen LogP contribution in [0.3, 0.4) is 0 Å². The fraction of sp³-hybridized carbons (Fsp3) is 1.00. The van der Waals surface area contributed by atoms with Gasteiger partial charge in [0.25, 0.3) is 0 Å². The summed E-state index contributed by atoms with van der Waals surface area (Å²) in [5.74, 6) is 0. The second-order valence-corrected chi connectivity index (χ2v) is 2.97. The Kier molecular flexibility index (Phi) is 3.40. The van der Waals surface area contributed by atoms with Gasteiger partial charge >= 0.3 is 0 Å². The predicted molar refractivity (Wildman–Crippen MR) is 45.7 cm³/mol. The van der Waals surface area contributed by atoms with Crippen LogP contribution < -0.4 is 0 Å². The third-order valence-corrected chi connectivity index (χ3v) is 2.17. The highest BCUT2D eigenvalue weighted by atomic mass is 16.3. The molecular formula is C6H10N6O. The molecule has 0 spiro atoms. The van der Waals surface area contributed by atoms with E-state index in [2.05, 4.69) is 20.1 Å². The van der Waals surface area contributed by atoms with Crippen LogP contribution in [0.4, 0.5) is 0 Å². The van der Waals surface area contributed by atoms with E-state index < -0.39 is 18.2 Å². The Morgan fingerprint density at radius 1 is 1.15 bits per heavy atom. The van der Waals surface area contributed by atoms with E-state index in [0.717, 1.165) is 6.42 Å². The minimum atomic E-state index is -0.680. The highest BCUT2D eigenvalue weighted by Gasteiger charge is 2.30. The Balaban J connectivity index is 2.78. The van der Waals surface area contributed by atoms with Crippen molar-refractivity contribution < 1.29 is 5.11 Å². The number of azide groups is 2. The molecule has 13 heavy (non-hydrogen) atoms. The molecule has 1 aliphatic rings. The maximum atomic E-state index is 9.45. The number of aliphatic hydroxyl groups excluding tert-OH is 1. The van der Waals surface area contributed by atoms with Gasteiger partial charge in [-0.3, -0.25) is 0 Å². The minimum absolute atomic E-state index is 0.398. The van der Waals surface area contributed by atoms with Crippen LogP contribution in [0.5, 0.6) is 0 Å². The van der Waals surface area contributed by atoms with Crippen LogP contribution in [-0.2, 0) is 0 Å². The van der Waals surface area contributed by atoms with Gasteiger partial charge in [-0.2, -0.15) is 0 Å². The topological polar surface area (TPSA) is 118 Å². The van der Waals surface area contributed by atoms with E-state index in [1.54, 1.807) is 0 Å². The number of hydrogen-bond acceptors (Lipinski definition) is 3. The van der Waals surface area contributed by atoms with Crippen LogP contribution in [0.1, 0.15) is 19.3 Å². The number of nitrogens with zero attached hydrogens (tertiary/aromatic N) is 6. The fourth-order valence-corrected chi connectivity index (χ4v) is 1.54. The van der Waals surface area contributed by atoms with Crippen molar-refractivity contribution in [3.05, 3.63) is 20.9 Å². The molecule has 7 nitrogen and oxygen atoms in total. The lowest BCUT2D eigenvalue weighted by molar-refractivity contribution is 0.0978. The summed E-state index contributed by atoms with van der Waals surface area (Å²) in [4.78, 5) is 5.28. The first kappa shape index (κ1) is 9.67. The first-order chi connectivity index (χ1) is 6.29.